The summed E-state index contributed by atoms with van der Waals surface area (Å²) < 4.78 is 4.85. The molecule has 0 bridgehead atoms. The van der Waals surface area contributed by atoms with Crippen LogP contribution in [-0.2, 0) is 0 Å². The Hall–Kier alpha value is -4.30. The van der Waals surface area contributed by atoms with Crippen LogP contribution < -0.4 is 0 Å². The zero-order valence-electron chi connectivity index (χ0n) is 21.1. The van der Waals surface area contributed by atoms with Gasteiger partial charge in [0.25, 0.3) is 0 Å². The Morgan fingerprint density at radius 3 is 1.72 bits per heavy atom. The minimum Gasteiger partial charge on any atom is -0.309 e. The Morgan fingerprint density at radius 2 is 0.972 bits per heavy atom. The molecule has 7 rings (SSSR count). The fourth-order valence-corrected chi connectivity index (χ4v) is 5.91. The molecule has 2 heteroatoms. The Labute approximate surface area is 211 Å². The first-order chi connectivity index (χ1) is 17.5. The van der Waals surface area contributed by atoms with Crippen LogP contribution in [0.3, 0.4) is 0 Å². The molecule has 7 aromatic rings. The molecule has 36 heavy (non-hydrogen) atoms. The molecule has 0 saturated heterocycles. The summed E-state index contributed by atoms with van der Waals surface area (Å²) in [5.74, 6) is 0. The van der Waals surface area contributed by atoms with Gasteiger partial charge in [0, 0.05) is 32.9 Å². The Bertz CT molecular complexity index is 1980. The highest BCUT2D eigenvalue weighted by Crippen LogP contribution is 2.37. The van der Waals surface area contributed by atoms with E-state index in [-0.39, 0.29) is 0 Å². The van der Waals surface area contributed by atoms with Crippen LogP contribution >= 0.6 is 0 Å². The molecule has 0 fully saturated rings. The SMILES string of the molecule is Cc1ccc2c(c1)c1ccccc1n2-c1ccc2c(c1)c1ccccc1n2-c1cc(C)c(C)cc1C. The predicted molar refractivity (Wildman–Crippen MR) is 154 cm³/mol. The molecule has 0 saturated carbocycles. The number of para-hydroxylation sites is 2. The number of aryl methyl sites for hydroxylation is 4. The second-order valence-electron chi connectivity index (χ2n) is 10.2. The summed E-state index contributed by atoms with van der Waals surface area (Å²) in [5.41, 5.74) is 12.6. The smallest absolute Gasteiger partial charge is 0.0542 e. The predicted octanol–water partition coefficient (Wildman–Crippen LogP) is 9.11. The van der Waals surface area contributed by atoms with Gasteiger partial charge in [0.1, 0.15) is 0 Å². The van der Waals surface area contributed by atoms with Crippen molar-refractivity contribution in [1.29, 1.82) is 0 Å². The molecule has 0 spiro atoms. The third-order valence-electron chi connectivity index (χ3n) is 7.80. The van der Waals surface area contributed by atoms with Crippen molar-refractivity contribution in [2.45, 2.75) is 27.7 Å². The highest BCUT2D eigenvalue weighted by atomic mass is 15.0. The third kappa shape index (κ3) is 2.91. The van der Waals surface area contributed by atoms with Gasteiger partial charge in [-0.3, -0.25) is 0 Å². The largest absolute Gasteiger partial charge is 0.309 e. The van der Waals surface area contributed by atoms with Gasteiger partial charge < -0.3 is 9.13 Å². The first-order valence-electron chi connectivity index (χ1n) is 12.6. The maximum Gasteiger partial charge on any atom is 0.0542 e. The number of rotatable bonds is 2. The van der Waals surface area contributed by atoms with Gasteiger partial charge in [-0.2, -0.15) is 0 Å². The fraction of sp³-hybridized carbons (Fsp3) is 0.118. The van der Waals surface area contributed by atoms with Crippen molar-refractivity contribution in [1.82, 2.24) is 9.13 Å². The zero-order chi connectivity index (χ0) is 24.6. The summed E-state index contributed by atoms with van der Waals surface area (Å²) in [6.45, 7) is 8.78. The van der Waals surface area contributed by atoms with Crippen molar-refractivity contribution >= 4 is 43.6 Å². The topological polar surface area (TPSA) is 9.86 Å². The van der Waals surface area contributed by atoms with E-state index in [1.54, 1.807) is 0 Å². The van der Waals surface area contributed by atoms with Crippen molar-refractivity contribution in [3.63, 3.8) is 0 Å². The summed E-state index contributed by atoms with van der Waals surface area (Å²) in [5, 5.41) is 5.16. The van der Waals surface area contributed by atoms with Gasteiger partial charge in [-0.05, 0) is 92.9 Å². The van der Waals surface area contributed by atoms with Crippen LogP contribution in [0, 0.1) is 27.7 Å². The molecule has 0 radical (unpaired) electrons. The molecule has 174 valence electrons. The van der Waals surface area contributed by atoms with Gasteiger partial charge in [-0.1, -0.05) is 54.1 Å². The highest BCUT2D eigenvalue weighted by molar-refractivity contribution is 6.12. The molecular formula is C34H28N2. The second-order valence-corrected chi connectivity index (χ2v) is 10.2. The maximum absolute atomic E-state index is 2.44. The van der Waals surface area contributed by atoms with Gasteiger partial charge in [-0.25, -0.2) is 0 Å². The number of hydrogen-bond acceptors (Lipinski definition) is 0. The van der Waals surface area contributed by atoms with Crippen LogP contribution in [0.1, 0.15) is 22.3 Å². The molecule has 0 amide bonds. The molecule has 2 nitrogen and oxygen atoms in total. The molecule has 0 aliphatic heterocycles. The van der Waals surface area contributed by atoms with Crippen molar-refractivity contribution in [3.05, 3.63) is 119 Å². The molecular weight excluding hydrogens is 436 g/mol. The van der Waals surface area contributed by atoms with Crippen molar-refractivity contribution < 1.29 is 0 Å². The summed E-state index contributed by atoms with van der Waals surface area (Å²) in [6, 6.07) is 35.9. The number of nitrogens with zero attached hydrogens (tertiary/aromatic N) is 2. The lowest BCUT2D eigenvalue weighted by Crippen LogP contribution is -1.99. The van der Waals surface area contributed by atoms with E-state index in [2.05, 4.69) is 134 Å². The van der Waals surface area contributed by atoms with Gasteiger partial charge in [0.2, 0.25) is 0 Å². The lowest BCUT2D eigenvalue weighted by atomic mass is 10.0. The van der Waals surface area contributed by atoms with Crippen LogP contribution in [0.2, 0.25) is 0 Å². The van der Waals surface area contributed by atoms with Crippen LogP contribution in [0.4, 0.5) is 0 Å². The Balaban J connectivity index is 1.57. The lowest BCUT2D eigenvalue weighted by Gasteiger charge is -2.14. The summed E-state index contributed by atoms with van der Waals surface area (Å²) in [4.78, 5) is 0. The Kier molecular flexibility index (Phi) is 4.44. The van der Waals surface area contributed by atoms with E-state index in [0.717, 1.165) is 0 Å². The molecule has 2 heterocycles. The summed E-state index contributed by atoms with van der Waals surface area (Å²) in [7, 11) is 0. The van der Waals surface area contributed by atoms with E-state index in [1.165, 1.54) is 77.2 Å². The first-order valence-corrected chi connectivity index (χ1v) is 12.6. The molecule has 0 unspecified atom stereocenters. The maximum atomic E-state index is 2.44. The minimum atomic E-state index is 1.19. The molecule has 0 N–H and O–H groups in total. The van der Waals surface area contributed by atoms with E-state index in [0.29, 0.717) is 0 Å². The van der Waals surface area contributed by atoms with E-state index in [4.69, 9.17) is 0 Å². The van der Waals surface area contributed by atoms with Gasteiger partial charge in [-0.15, -0.1) is 0 Å². The average Bonchev–Trinajstić information content (AvgIpc) is 3.38. The second kappa shape index (κ2) is 7.60. The molecule has 0 aliphatic rings. The van der Waals surface area contributed by atoms with E-state index in [9.17, 15) is 0 Å². The number of hydrogen-bond donors (Lipinski definition) is 0. The lowest BCUT2D eigenvalue weighted by molar-refractivity contribution is 1.12. The quantitative estimate of drug-likeness (QED) is 0.241. The zero-order valence-corrected chi connectivity index (χ0v) is 21.1. The molecule has 0 atom stereocenters. The van der Waals surface area contributed by atoms with Gasteiger partial charge in [0.05, 0.1) is 22.1 Å². The third-order valence-corrected chi connectivity index (χ3v) is 7.80. The van der Waals surface area contributed by atoms with Crippen molar-refractivity contribution in [2.75, 3.05) is 0 Å². The normalized spacial score (nSPS) is 11.9. The number of benzene rings is 5. The Morgan fingerprint density at radius 1 is 0.417 bits per heavy atom. The van der Waals surface area contributed by atoms with E-state index in [1.807, 2.05) is 0 Å². The van der Waals surface area contributed by atoms with E-state index < -0.39 is 0 Å². The first kappa shape index (κ1) is 21.0. The number of aromatic nitrogens is 2. The fourth-order valence-electron chi connectivity index (χ4n) is 5.91. The summed E-state index contributed by atoms with van der Waals surface area (Å²) >= 11 is 0. The van der Waals surface area contributed by atoms with Gasteiger partial charge >= 0.3 is 0 Å². The van der Waals surface area contributed by atoms with Crippen LogP contribution in [0.5, 0.6) is 0 Å². The number of fused-ring (bicyclic) bond motifs is 6. The van der Waals surface area contributed by atoms with Crippen LogP contribution in [0.15, 0.2) is 97.1 Å². The molecule has 0 aliphatic carbocycles. The van der Waals surface area contributed by atoms with Crippen molar-refractivity contribution in [3.8, 4) is 11.4 Å². The van der Waals surface area contributed by atoms with Crippen LogP contribution in [0.25, 0.3) is 55.0 Å². The monoisotopic (exact) mass is 464 g/mol. The van der Waals surface area contributed by atoms with Gasteiger partial charge in [0.15, 0.2) is 0 Å². The standard InChI is InChI=1S/C34H28N2/c1-21-13-15-32-28(17-21)26-9-5-7-11-30(26)35(32)25-14-16-33-29(20-25)27-10-6-8-12-31(27)36(33)34-19-23(3)22(2)18-24(34)4/h5-20H,1-4H3. The van der Waals surface area contributed by atoms with Crippen molar-refractivity contribution in [2.24, 2.45) is 0 Å². The summed E-state index contributed by atoms with van der Waals surface area (Å²) in [6.07, 6.45) is 0. The highest BCUT2D eigenvalue weighted by Gasteiger charge is 2.17. The minimum absolute atomic E-state index is 1.19. The van der Waals surface area contributed by atoms with E-state index >= 15 is 0 Å². The van der Waals surface area contributed by atoms with Crippen LogP contribution in [-0.4, -0.2) is 9.13 Å². The average molecular weight is 465 g/mol. The molecule has 2 aromatic heterocycles. The molecule has 5 aromatic carbocycles.